The number of pyridine rings is 1. The Morgan fingerprint density at radius 2 is 1.95 bits per heavy atom. The third-order valence-electron chi connectivity index (χ3n) is 5.92. The zero-order valence-corrected chi connectivity index (χ0v) is 22.6. The van der Waals surface area contributed by atoms with Crippen LogP contribution in [0.4, 0.5) is 19.4 Å². The van der Waals surface area contributed by atoms with Crippen molar-refractivity contribution < 1.29 is 31.5 Å². The van der Waals surface area contributed by atoms with Crippen molar-refractivity contribution in [3.8, 4) is 0 Å². The summed E-state index contributed by atoms with van der Waals surface area (Å²) in [6.07, 6.45) is 1.38. The summed E-state index contributed by atoms with van der Waals surface area (Å²) in [6, 6.07) is 9.38. The molecule has 3 aromatic rings. The maximum Gasteiger partial charge on any atom is 0.412 e. The fraction of sp³-hybridized carbons (Fsp3) is 0.320. The van der Waals surface area contributed by atoms with E-state index in [4.69, 9.17) is 21.5 Å². The number of benzene rings is 2. The fourth-order valence-electron chi connectivity index (χ4n) is 3.80. The standard InChI is InChI=1S/C25H28ClF2N5O5S/c1-33(23(34)10-8-16-4-2-6-21(28)24(16)26)20(5-3-11-31-39(29,36)37)15-38-25(35)32-22-13-18-12-19(27)9-7-17(18)14-30-22/h2,4,6-7,9,12-14,20,31H,3,5,8,10-11,15H2,1H3,(H2,29,36,37)(H,30,32,35)/t20-/m0/s1. The highest BCUT2D eigenvalue weighted by Gasteiger charge is 2.22. The van der Waals surface area contributed by atoms with Crippen molar-refractivity contribution in [3.63, 3.8) is 0 Å². The van der Waals surface area contributed by atoms with Crippen molar-refractivity contribution >= 4 is 50.4 Å². The third-order valence-corrected chi connectivity index (χ3v) is 6.95. The zero-order valence-electron chi connectivity index (χ0n) is 21.0. The Morgan fingerprint density at radius 3 is 2.69 bits per heavy atom. The summed E-state index contributed by atoms with van der Waals surface area (Å²) < 4.78 is 57.0. The number of amides is 2. The summed E-state index contributed by atoms with van der Waals surface area (Å²) in [7, 11) is -2.36. The Morgan fingerprint density at radius 1 is 1.18 bits per heavy atom. The molecule has 2 amide bonds. The molecular formula is C25H28ClF2N5O5S. The first-order valence-electron chi connectivity index (χ1n) is 11.9. The van der Waals surface area contributed by atoms with Crippen LogP contribution in [-0.2, 0) is 26.2 Å². The van der Waals surface area contributed by atoms with E-state index >= 15 is 0 Å². The molecule has 4 N–H and O–H groups in total. The summed E-state index contributed by atoms with van der Waals surface area (Å²) in [5.41, 5.74) is 0.478. The molecule has 2 aromatic carbocycles. The Kier molecular flexibility index (Phi) is 10.5. The van der Waals surface area contributed by atoms with Crippen molar-refractivity contribution in [2.45, 2.75) is 31.7 Å². The molecule has 0 aliphatic carbocycles. The number of nitrogens with zero attached hydrogens (tertiary/aromatic N) is 2. The molecule has 39 heavy (non-hydrogen) atoms. The molecule has 1 heterocycles. The molecule has 3 rings (SSSR count). The molecule has 0 aliphatic heterocycles. The van der Waals surface area contributed by atoms with Crippen LogP contribution in [0.25, 0.3) is 10.8 Å². The van der Waals surface area contributed by atoms with Gasteiger partial charge in [0.1, 0.15) is 24.1 Å². The van der Waals surface area contributed by atoms with Gasteiger partial charge in [-0.1, -0.05) is 23.7 Å². The van der Waals surface area contributed by atoms with Crippen LogP contribution < -0.4 is 15.2 Å². The smallest absolute Gasteiger partial charge is 0.412 e. The first kappa shape index (κ1) is 30.2. The number of ether oxygens (including phenoxy) is 1. The van der Waals surface area contributed by atoms with Gasteiger partial charge in [-0.15, -0.1) is 0 Å². The summed E-state index contributed by atoms with van der Waals surface area (Å²) in [5, 5.41) is 8.58. The van der Waals surface area contributed by atoms with Gasteiger partial charge in [0.25, 0.3) is 10.2 Å². The van der Waals surface area contributed by atoms with Gasteiger partial charge < -0.3 is 9.64 Å². The van der Waals surface area contributed by atoms with Gasteiger partial charge in [0, 0.05) is 31.6 Å². The number of fused-ring (bicyclic) bond motifs is 1. The minimum Gasteiger partial charge on any atom is -0.447 e. The number of aryl methyl sites for hydroxylation is 1. The minimum absolute atomic E-state index is 0.00929. The molecule has 1 aromatic heterocycles. The van der Waals surface area contributed by atoms with Crippen LogP contribution >= 0.6 is 11.6 Å². The quantitative estimate of drug-likeness (QED) is 0.277. The normalized spacial score (nSPS) is 12.2. The average molecular weight is 584 g/mol. The molecular weight excluding hydrogens is 556 g/mol. The summed E-state index contributed by atoms with van der Waals surface area (Å²) >= 11 is 5.98. The lowest BCUT2D eigenvalue weighted by Crippen LogP contribution is -2.41. The number of carbonyl (C=O) groups excluding carboxylic acids is 2. The molecule has 0 fully saturated rings. The Bertz CT molecular complexity index is 1440. The number of hydrogen-bond acceptors (Lipinski definition) is 6. The van der Waals surface area contributed by atoms with Crippen molar-refractivity contribution in [1.82, 2.24) is 14.6 Å². The number of nitrogens with two attached hydrogens (primary N) is 1. The van der Waals surface area contributed by atoms with Gasteiger partial charge >= 0.3 is 6.09 Å². The van der Waals surface area contributed by atoms with Gasteiger partial charge in [0.2, 0.25) is 5.91 Å². The molecule has 0 unspecified atom stereocenters. The molecule has 14 heteroatoms. The Hall–Kier alpha value is -3.39. The van der Waals surface area contributed by atoms with Gasteiger partial charge in [-0.05, 0) is 60.5 Å². The number of rotatable bonds is 12. The third kappa shape index (κ3) is 9.39. The predicted octanol–water partition coefficient (Wildman–Crippen LogP) is 3.75. The maximum absolute atomic E-state index is 13.7. The number of anilines is 1. The van der Waals surface area contributed by atoms with Crippen LogP contribution in [0.2, 0.25) is 5.02 Å². The SMILES string of the molecule is CN(C(=O)CCc1cccc(F)c1Cl)[C@@H](CCCNS(N)(=O)=O)COC(=O)Nc1cc2cc(F)ccc2cn1. The second-order valence-corrected chi connectivity index (χ2v) is 10.5. The van der Waals surface area contributed by atoms with Gasteiger partial charge in [0.15, 0.2) is 0 Å². The van der Waals surface area contributed by atoms with Crippen LogP contribution in [0.15, 0.2) is 48.7 Å². The molecule has 0 saturated carbocycles. The van der Waals surface area contributed by atoms with Crippen molar-refractivity contribution in [3.05, 3.63) is 70.9 Å². The van der Waals surface area contributed by atoms with Crippen molar-refractivity contribution in [2.75, 3.05) is 25.5 Å². The van der Waals surface area contributed by atoms with Crippen molar-refractivity contribution in [2.24, 2.45) is 5.14 Å². The number of likely N-dealkylation sites (N-methyl/N-ethyl adjacent to an activating group) is 1. The lowest BCUT2D eigenvalue weighted by Gasteiger charge is -2.28. The van der Waals surface area contributed by atoms with E-state index in [1.807, 2.05) is 0 Å². The van der Waals surface area contributed by atoms with E-state index in [1.165, 1.54) is 48.5 Å². The van der Waals surface area contributed by atoms with E-state index in [0.29, 0.717) is 16.3 Å². The molecule has 210 valence electrons. The minimum atomic E-state index is -3.88. The van der Waals surface area contributed by atoms with E-state index in [1.54, 1.807) is 12.1 Å². The molecule has 0 aliphatic rings. The fourth-order valence-corrected chi connectivity index (χ4v) is 4.45. The molecule has 0 saturated heterocycles. The maximum atomic E-state index is 13.7. The summed E-state index contributed by atoms with van der Waals surface area (Å²) in [4.78, 5) is 30.8. The lowest BCUT2D eigenvalue weighted by atomic mass is 10.1. The van der Waals surface area contributed by atoms with Crippen LogP contribution in [0.3, 0.4) is 0 Å². The highest BCUT2D eigenvalue weighted by molar-refractivity contribution is 7.87. The van der Waals surface area contributed by atoms with Crippen molar-refractivity contribution in [1.29, 1.82) is 0 Å². The van der Waals surface area contributed by atoms with E-state index < -0.39 is 34.0 Å². The van der Waals surface area contributed by atoms with E-state index in [-0.39, 0.29) is 55.6 Å². The average Bonchev–Trinajstić information content (AvgIpc) is 2.87. The number of hydrogen-bond donors (Lipinski definition) is 3. The number of aromatic nitrogens is 1. The monoisotopic (exact) mass is 583 g/mol. The Balaban J connectivity index is 1.61. The molecule has 0 radical (unpaired) electrons. The topological polar surface area (TPSA) is 144 Å². The van der Waals surface area contributed by atoms with Crippen LogP contribution in [0.1, 0.15) is 24.8 Å². The number of nitrogens with one attached hydrogen (secondary N) is 2. The van der Waals surface area contributed by atoms with Gasteiger partial charge in [-0.25, -0.2) is 28.4 Å². The van der Waals surface area contributed by atoms with E-state index in [9.17, 15) is 26.8 Å². The Labute approximate surface area is 229 Å². The second-order valence-electron chi connectivity index (χ2n) is 8.74. The van der Waals surface area contributed by atoms with Gasteiger partial charge in [-0.2, -0.15) is 8.42 Å². The largest absolute Gasteiger partial charge is 0.447 e. The highest BCUT2D eigenvalue weighted by Crippen LogP contribution is 2.22. The van der Waals surface area contributed by atoms with Gasteiger partial charge in [0.05, 0.1) is 11.1 Å². The summed E-state index contributed by atoms with van der Waals surface area (Å²) in [5.74, 6) is -1.19. The zero-order chi connectivity index (χ0) is 28.6. The molecule has 0 bridgehead atoms. The predicted molar refractivity (Wildman–Crippen MR) is 143 cm³/mol. The van der Waals surface area contributed by atoms with E-state index in [0.717, 1.165) is 0 Å². The summed E-state index contributed by atoms with van der Waals surface area (Å²) in [6.45, 7) is -0.202. The van der Waals surface area contributed by atoms with Crippen LogP contribution in [0.5, 0.6) is 0 Å². The second kappa shape index (κ2) is 13.6. The first-order valence-corrected chi connectivity index (χ1v) is 13.8. The molecule has 10 nitrogen and oxygen atoms in total. The first-order chi connectivity index (χ1) is 18.4. The van der Waals surface area contributed by atoms with E-state index in [2.05, 4.69) is 15.0 Å². The molecule has 1 atom stereocenters. The van der Waals surface area contributed by atoms with Gasteiger partial charge in [-0.3, -0.25) is 10.1 Å². The molecule has 0 spiro atoms. The van der Waals surface area contributed by atoms with Crippen LogP contribution in [-0.4, -0.2) is 56.5 Å². The number of halogens is 3. The van der Waals surface area contributed by atoms with Crippen LogP contribution in [0, 0.1) is 11.6 Å². The highest BCUT2D eigenvalue weighted by atomic mass is 35.5. The number of carbonyl (C=O) groups is 2. The lowest BCUT2D eigenvalue weighted by molar-refractivity contribution is -0.132.